The first-order chi connectivity index (χ1) is 9.52. The highest BCUT2D eigenvalue weighted by molar-refractivity contribution is 5.78. The average Bonchev–Trinajstić information content (AvgIpc) is 2.39. The van der Waals surface area contributed by atoms with Crippen molar-refractivity contribution in [1.29, 1.82) is 0 Å². The van der Waals surface area contributed by atoms with Crippen molar-refractivity contribution in [1.82, 2.24) is 15.5 Å². The van der Waals surface area contributed by atoms with Gasteiger partial charge in [-0.3, -0.25) is 9.69 Å². The second-order valence-electron chi connectivity index (χ2n) is 6.55. The molecule has 1 rings (SSSR count). The van der Waals surface area contributed by atoms with E-state index in [1.165, 1.54) is 12.8 Å². The van der Waals surface area contributed by atoms with Gasteiger partial charge in [0.1, 0.15) is 0 Å². The zero-order chi connectivity index (χ0) is 15.0. The van der Waals surface area contributed by atoms with Crippen LogP contribution in [0.4, 0.5) is 0 Å². The van der Waals surface area contributed by atoms with E-state index in [0.29, 0.717) is 18.4 Å². The standard InChI is InChI=1S/C16H33N3O/c1-5-9-19(11-15-7-6-8-17-10-15)12-16(20)18-14(4)13(2)3/h13-15,17H,5-12H2,1-4H3,(H,18,20). The zero-order valence-electron chi connectivity index (χ0n) is 13.7. The third kappa shape index (κ3) is 6.71. The minimum atomic E-state index is 0.170. The first-order valence-electron chi connectivity index (χ1n) is 8.25. The molecule has 1 aliphatic heterocycles. The Morgan fingerprint density at radius 1 is 1.40 bits per heavy atom. The van der Waals surface area contributed by atoms with E-state index in [4.69, 9.17) is 0 Å². The molecule has 118 valence electrons. The highest BCUT2D eigenvalue weighted by Gasteiger charge is 2.19. The molecule has 0 aromatic rings. The molecule has 0 spiro atoms. The third-order valence-corrected chi connectivity index (χ3v) is 4.21. The van der Waals surface area contributed by atoms with Crippen LogP contribution in [0.1, 0.15) is 47.0 Å². The maximum atomic E-state index is 12.1. The number of carbonyl (C=O) groups excluding carboxylic acids is 1. The van der Waals surface area contributed by atoms with Gasteiger partial charge in [0.25, 0.3) is 0 Å². The molecule has 1 saturated heterocycles. The Kier molecular flexibility index (Phi) is 8.15. The summed E-state index contributed by atoms with van der Waals surface area (Å²) >= 11 is 0. The van der Waals surface area contributed by atoms with Crippen molar-refractivity contribution < 1.29 is 4.79 Å². The van der Waals surface area contributed by atoms with E-state index in [2.05, 4.69) is 43.2 Å². The average molecular weight is 283 g/mol. The van der Waals surface area contributed by atoms with Gasteiger partial charge in [0.15, 0.2) is 0 Å². The highest BCUT2D eigenvalue weighted by atomic mass is 16.2. The fraction of sp³-hybridized carbons (Fsp3) is 0.938. The Labute approximate surface area is 124 Å². The van der Waals surface area contributed by atoms with Gasteiger partial charge in [0.2, 0.25) is 5.91 Å². The molecule has 2 N–H and O–H groups in total. The number of nitrogens with one attached hydrogen (secondary N) is 2. The fourth-order valence-electron chi connectivity index (χ4n) is 2.67. The van der Waals surface area contributed by atoms with Crippen molar-refractivity contribution in [3.05, 3.63) is 0 Å². The SMILES string of the molecule is CCCN(CC(=O)NC(C)C(C)C)CC1CCCNC1. The molecular formula is C16H33N3O. The van der Waals surface area contributed by atoms with Crippen molar-refractivity contribution in [3.63, 3.8) is 0 Å². The van der Waals surface area contributed by atoms with Crippen LogP contribution in [0.25, 0.3) is 0 Å². The molecule has 0 aliphatic carbocycles. The third-order valence-electron chi connectivity index (χ3n) is 4.21. The van der Waals surface area contributed by atoms with Gasteiger partial charge in [-0.2, -0.15) is 0 Å². The van der Waals surface area contributed by atoms with Crippen LogP contribution < -0.4 is 10.6 Å². The van der Waals surface area contributed by atoms with E-state index in [9.17, 15) is 4.79 Å². The van der Waals surface area contributed by atoms with Gasteiger partial charge >= 0.3 is 0 Å². The van der Waals surface area contributed by atoms with Gasteiger partial charge in [0, 0.05) is 12.6 Å². The van der Waals surface area contributed by atoms with Crippen molar-refractivity contribution in [2.45, 2.75) is 53.0 Å². The molecule has 4 heteroatoms. The van der Waals surface area contributed by atoms with Crippen LogP contribution in [-0.2, 0) is 4.79 Å². The summed E-state index contributed by atoms with van der Waals surface area (Å²) in [7, 11) is 0. The number of rotatable bonds is 8. The number of hydrogen-bond donors (Lipinski definition) is 2. The fourth-order valence-corrected chi connectivity index (χ4v) is 2.67. The Morgan fingerprint density at radius 2 is 2.15 bits per heavy atom. The monoisotopic (exact) mass is 283 g/mol. The minimum absolute atomic E-state index is 0.170. The molecule has 1 aliphatic rings. The van der Waals surface area contributed by atoms with Crippen LogP contribution in [0.3, 0.4) is 0 Å². The Balaban J connectivity index is 2.38. The second-order valence-corrected chi connectivity index (χ2v) is 6.55. The van der Waals surface area contributed by atoms with E-state index >= 15 is 0 Å². The lowest BCUT2D eigenvalue weighted by Crippen LogP contribution is -2.45. The van der Waals surface area contributed by atoms with Gasteiger partial charge in [-0.1, -0.05) is 20.8 Å². The molecule has 1 heterocycles. The lowest BCUT2D eigenvalue weighted by Gasteiger charge is -2.30. The second kappa shape index (κ2) is 9.35. The topological polar surface area (TPSA) is 44.4 Å². The molecule has 1 fully saturated rings. The largest absolute Gasteiger partial charge is 0.352 e. The molecule has 2 unspecified atom stereocenters. The van der Waals surface area contributed by atoms with Crippen LogP contribution in [0.2, 0.25) is 0 Å². The number of carbonyl (C=O) groups is 1. The number of nitrogens with zero attached hydrogens (tertiary/aromatic N) is 1. The van der Waals surface area contributed by atoms with Crippen LogP contribution in [-0.4, -0.2) is 49.6 Å². The Hall–Kier alpha value is -0.610. The van der Waals surface area contributed by atoms with Crippen LogP contribution >= 0.6 is 0 Å². The molecule has 0 radical (unpaired) electrons. The van der Waals surface area contributed by atoms with E-state index < -0.39 is 0 Å². The van der Waals surface area contributed by atoms with E-state index in [1.54, 1.807) is 0 Å². The summed E-state index contributed by atoms with van der Waals surface area (Å²) in [4.78, 5) is 14.4. The molecule has 1 amide bonds. The summed E-state index contributed by atoms with van der Waals surface area (Å²) in [5, 5.41) is 6.56. The van der Waals surface area contributed by atoms with Gasteiger partial charge in [-0.15, -0.1) is 0 Å². The van der Waals surface area contributed by atoms with Crippen LogP contribution in [0, 0.1) is 11.8 Å². The van der Waals surface area contributed by atoms with Gasteiger partial charge in [-0.05, 0) is 57.7 Å². The minimum Gasteiger partial charge on any atom is -0.352 e. The molecule has 0 aromatic carbocycles. The molecule has 0 aromatic heterocycles. The maximum absolute atomic E-state index is 12.1. The highest BCUT2D eigenvalue weighted by Crippen LogP contribution is 2.12. The van der Waals surface area contributed by atoms with Gasteiger partial charge in [-0.25, -0.2) is 0 Å². The summed E-state index contributed by atoms with van der Waals surface area (Å²) < 4.78 is 0. The summed E-state index contributed by atoms with van der Waals surface area (Å²) in [5.74, 6) is 1.36. The van der Waals surface area contributed by atoms with Crippen molar-refractivity contribution in [2.24, 2.45) is 11.8 Å². The summed E-state index contributed by atoms with van der Waals surface area (Å²) in [6.07, 6.45) is 3.66. The molecule has 0 saturated carbocycles. The van der Waals surface area contributed by atoms with Crippen molar-refractivity contribution in [2.75, 3.05) is 32.7 Å². The predicted molar refractivity (Wildman–Crippen MR) is 84.8 cm³/mol. The molecule has 4 nitrogen and oxygen atoms in total. The molecule has 2 atom stereocenters. The molecule has 0 bridgehead atoms. The van der Waals surface area contributed by atoms with Crippen molar-refractivity contribution in [3.8, 4) is 0 Å². The lowest BCUT2D eigenvalue weighted by atomic mass is 9.99. The number of amides is 1. The van der Waals surface area contributed by atoms with Gasteiger partial charge < -0.3 is 10.6 Å². The van der Waals surface area contributed by atoms with Crippen molar-refractivity contribution >= 4 is 5.91 Å². The first-order valence-corrected chi connectivity index (χ1v) is 8.25. The van der Waals surface area contributed by atoms with Gasteiger partial charge in [0.05, 0.1) is 6.54 Å². The predicted octanol–water partition coefficient (Wildman–Crippen LogP) is 1.86. The molecule has 20 heavy (non-hydrogen) atoms. The first kappa shape index (κ1) is 17.4. The number of hydrogen-bond acceptors (Lipinski definition) is 3. The Bertz CT molecular complexity index is 275. The van der Waals surface area contributed by atoms with E-state index in [1.807, 2.05) is 0 Å². The van der Waals surface area contributed by atoms with E-state index in [0.717, 1.165) is 32.6 Å². The lowest BCUT2D eigenvalue weighted by molar-refractivity contribution is -0.123. The zero-order valence-corrected chi connectivity index (χ0v) is 13.7. The Morgan fingerprint density at radius 3 is 2.70 bits per heavy atom. The summed E-state index contributed by atoms with van der Waals surface area (Å²) in [5.41, 5.74) is 0. The van der Waals surface area contributed by atoms with Crippen LogP contribution in [0.5, 0.6) is 0 Å². The normalized spacial score (nSPS) is 21.2. The maximum Gasteiger partial charge on any atom is 0.234 e. The van der Waals surface area contributed by atoms with E-state index in [-0.39, 0.29) is 11.9 Å². The smallest absolute Gasteiger partial charge is 0.234 e. The number of piperidine rings is 1. The molecular weight excluding hydrogens is 250 g/mol. The summed E-state index contributed by atoms with van der Waals surface area (Å²) in [6, 6.07) is 0.252. The quantitative estimate of drug-likeness (QED) is 0.714. The summed E-state index contributed by atoms with van der Waals surface area (Å²) in [6.45, 7) is 13.4. The van der Waals surface area contributed by atoms with Crippen LogP contribution in [0.15, 0.2) is 0 Å².